The maximum absolute atomic E-state index is 13.5. The van der Waals surface area contributed by atoms with E-state index in [1.165, 1.54) is 16.7 Å². The molecule has 1 amide bonds. The van der Waals surface area contributed by atoms with Crippen molar-refractivity contribution in [2.24, 2.45) is 0 Å². The number of rotatable bonds is 4. The number of carbonyl (C=O) groups is 1. The second kappa shape index (κ2) is 5.44. The minimum atomic E-state index is -0.565. The van der Waals surface area contributed by atoms with Crippen LogP contribution in [-0.4, -0.2) is 22.0 Å². The van der Waals surface area contributed by atoms with E-state index in [2.05, 4.69) is 10.3 Å². The molecule has 0 saturated carbocycles. The predicted octanol–water partition coefficient (Wildman–Crippen LogP) is 1.94. The molecule has 0 aliphatic carbocycles. The summed E-state index contributed by atoms with van der Waals surface area (Å²) in [5, 5.41) is 2.70. The lowest BCUT2D eigenvalue weighted by atomic mass is 10.3. The summed E-state index contributed by atoms with van der Waals surface area (Å²) in [5.74, 6) is -0.601. The van der Waals surface area contributed by atoms with Crippen LogP contribution in [-0.2, 0) is 11.3 Å². The normalized spacial score (nSPS) is 10.9. The van der Waals surface area contributed by atoms with Gasteiger partial charge in [-0.1, -0.05) is 18.5 Å². The molecule has 19 heavy (non-hydrogen) atoms. The average Bonchev–Trinajstić information content (AvgIpc) is 2.64. The van der Waals surface area contributed by atoms with Crippen molar-refractivity contribution in [3.8, 4) is 0 Å². The maximum atomic E-state index is 13.5. The third kappa shape index (κ3) is 2.78. The summed E-state index contributed by atoms with van der Waals surface area (Å²) >= 11 is 5.68. The minimum absolute atomic E-state index is 0.00338. The molecule has 1 aromatic carbocycles. The molecule has 5 nitrogen and oxygen atoms in total. The third-order valence-electron chi connectivity index (χ3n) is 2.69. The fraction of sp³-hybridized carbons (Fsp3) is 0.333. The standard InChI is InChI=1S/C12H14ClFN4O/c1-2-3-16-11(19)6-18-10-5-8(14)7(13)4-9(10)17-12(18)15/h4-5H,2-3,6H2,1H3,(H2,15,17)(H,16,19). The molecule has 2 rings (SSSR count). The summed E-state index contributed by atoms with van der Waals surface area (Å²) in [7, 11) is 0. The van der Waals surface area contributed by atoms with E-state index < -0.39 is 5.82 Å². The quantitative estimate of drug-likeness (QED) is 0.901. The van der Waals surface area contributed by atoms with Gasteiger partial charge in [0, 0.05) is 12.6 Å². The molecule has 1 aromatic heterocycles. The van der Waals surface area contributed by atoms with Gasteiger partial charge in [-0.05, 0) is 12.5 Å². The number of amides is 1. The number of halogens is 2. The molecule has 7 heteroatoms. The second-order valence-electron chi connectivity index (χ2n) is 4.16. The highest BCUT2D eigenvalue weighted by atomic mass is 35.5. The van der Waals surface area contributed by atoms with Gasteiger partial charge in [-0.15, -0.1) is 0 Å². The predicted molar refractivity (Wildman–Crippen MR) is 72.4 cm³/mol. The second-order valence-corrected chi connectivity index (χ2v) is 4.57. The molecule has 0 saturated heterocycles. The smallest absolute Gasteiger partial charge is 0.240 e. The van der Waals surface area contributed by atoms with E-state index in [1.54, 1.807) is 0 Å². The fourth-order valence-electron chi connectivity index (χ4n) is 1.77. The summed E-state index contributed by atoms with van der Waals surface area (Å²) in [6.45, 7) is 2.55. The Morgan fingerprint density at radius 3 is 3.00 bits per heavy atom. The van der Waals surface area contributed by atoms with Gasteiger partial charge >= 0.3 is 0 Å². The average molecular weight is 285 g/mol. The van der Waals surface area contributed by atoms with E-state index in [0.29, 0.717) is 17.6 Å². The van der Waals surface area contributed by atoms with Crippen LogP contribution in [0.15, 0.2) is 12.1 Å². The third-order valence-corrected chi connectivity index (χ3v) is 2.98. The number of aromatic nitrogens is 2. The van der Waals surface area contributed by atoms with Gasteiger partial charge in [0.1, 0.15) is 12.4 Å². The number of hydrogen-bond acceptors (Lipinski definition) is 3. The lowest BCUT2D eigenvalue weighted by molar-refractivity contribution is -0.121. The molecule has 1 heterocycles. The van der Waals surface area contributed by atoms with Crippen LogP contribution in [0.2, 0.25) is 5.02 Å². The Morgan fingerprint density at radius 2 is 2.32 bits per heavy atom. The maximum Gasteiger partial charge on any atom is 0.240 e. The Labute approximate surface area is 114 Å². The highest BCUT2D eigenvalue weighted by molar-refractivity contribution is 6.31. The van der Waals surface area contributed by atoms with Gasteiger partial charge in [0.25, 0.3) is 0 Å². The zero-order chi connectivity index (χ0) is 14.0. The molecule has 0 radical (unpaired) electrons. The zero-order valence-corrected chi connectivity index (χ0v) is 11.2. The first-order valence-corrected chi connectivity index (χ1v) is 6.28. The van der Waals surface area contributed by atoms with Crippen molar-refractivity contribution in [1.29, 1.82) is 0 Å². The minimum Gasteiger partial charge on any atom is -0.369 e. The largest absolute Gasteiger partial charge is 0.369 e. The highest BCUT2D eigenvalue weighted by Crippen LogP contribution is 2.24. The van der Waals surface area contributed by atoms with Gasteiger partial charge in [0.2, 0.25) is 11.9 Å². The molecule has 2 aromatic rings. The lowest BCUT2D eigenvalue weighted by Gasteiger charge is -2.07. The summed E-state index contributed by atoms with van der Waals surface area (Å²) < 4.78 is 14.9. The molecule has 0 aliphatic heterocycles. The summed E-state index contributed by atoms with van der Waals surface area (Å²) in [4.78, 5) is 15.7. The van der Waals surface area contributed by atoms with Gasteiger partial charge in [0.15, 0.2) is 0 Å². The SMILES string of the molecule is CCCNC(=O)Cn1c(N)nc2cc(Cl)c(F)cc21. The number of carbonyl (C=O) groups excluding carboxylic acids is 1. The topological polar surface area (TPSA) is 72.9 Å². The Balaban J connectivity index is 2.34. The molecule has 0 unspecified atom stereocenters. The number of fused-ring (bicyclic) bond motifs is 1. The number of benzene rings is 1. The molecule has 0 fully saturated rings. The van der Waals surface area contributed by atoms with E-state index in [1.807, 2.05) is 6.92 Å². The van der Waals surface area contributed by atoms with Crippen molar-refractivity contribution in [1.82, 2.24) is 14.9 Å². The van der Waals surface area contributed by atoms with E-state index >= 15 is 0 Å². The number of nitrogen functional groups attached to an aromatic ring is 1. The van der Waals surface area contributed by atoms with Crippen LogP contribution in [0.4, 0.5) is 10.3 Å². The number of anilines is 1. The summed E-state index contributed by atoms with van der Waals surface area (Å²) in [5.41, 5.74) is 6.65. The van der Waals surface area contributed by atoms with E-state index in [-0.39, 0.29) is 23.4 Å². The van der Waals surface area contributed by atoms with Crippen LogP contribution < -0.4 is 11.1 Å². The van der Waals surface area contributed by atoms with Crippen LogP contribution in [0, 0.1) is 5.82 Å². The fourth-order valence-corrected chi connectivity index (χ4v) is 1.93. The first-order chi connectivity index (χ1) is 9.02. The molecule has 0 aliphatic rings. The van der Waals surface area contributed by atoms with Crippen LogP contribution in [0.5, 0.6) is 0 Å². The first kappa shape index (κ1) is 13.6. The molecule has 0 bridgehead atoms. The number of imidazole rings is 1. The van der Waals surface area contributed by atoms with Crippen molar-refractivity contribution >= 4 is 34.5 Å². The van der Waals surface area contributed by atoms with Crippen molar-refractivity contribution in [2.45, 2.75) is 19.9 Å². The molecule has 3 N–H and O–H groups in total. The zero-order valence-electron chi connectivity index (χ0n) is 10.4. The van der Waals surface area contributed by atoms with Gasteiger partial charge in [-0.2, -0.15) is 0 Å². The van der Waals surface area contributed by atoms with Crippen LogP contribution in [0.25, 0.3) is 11.0 Å². The number of nitrogens with one attached hydrogen (secondary N) is 1. The van der Waals surface area contributed by atoms with Gasteiger partial charge in [-0.3, -0.25) is 4.79 Å². The number of nitrogens with zero attached hydrogens (tertiary/aromatic N) is 2. The van der Waals surface area contributed by atoms with Gasteiger partial charge in [0.05, 0.1) is 16.1 Å². The van der Waals surface area contributed by atoms with E-state index in [9.17, 15) is 9.18 Å². The summed E-state index contributed by atoms with van der Waals surface area (Å²) in [6.07, 6.45) is 0.843. The molecule has 102 valence electrons. The van der Waals surface area contributed by atoms with Crippen molar-refractivity contribution in [3.05, 3.63) is 23.0 Å². The van der Waals surface area contributed by atoms with E-state index in [0.717, 1.165) is 6.42 Å². The van der Waals surface area contributed by atoms with Crippen LogP contribution in [0.3, 0.4) is 0 Å². The highest BCUT2D eigenvalue weighted by Gasteiger charge is 2.14. The lowest BCUT2D eigenvalue weighted by Crippen LogP contribution is -2.28. The Bertz CT molecular complexity index is 626. The van der Waals surface area contributed by atoms with E-state index in [4.69, 9.17) is 17.3 Å². The van der Waals surface area contributed by atoms with Gasteiger partial charge in [-0.25, -0.2) is 9.37 Å². The monoisotopic (exact) mass is 284 g/mol. The first-order valence-electron chi connectivity index (χ1n) is 5.90. The van der Waals surface area contributed by atoms with Gasteiger partial charge < -0.3 is 15.6 Å². The van der Waals surface area contributed by atoms with Crippen molar-refractivity contribution < 1.29 is 9.18 Å². The van der Waals surface area contributed by atoms with Crippen LogP contribution in [0.1, 0.15) is 13.3 Å². The molecule has 0 spiro atoms. The summed E-state index contributed by atoms with van der Waals surface area (Å²) in [6, 6.07) is 2.62. The Morgan fingerprint density at radius 1 is 1.58 bits per heavy atom. The van der Waals surface area contributed by atoms with Crippen molar-refractivity contribution in [2.75, 3.05) is 12.3 Å². The molecule has 0 atom stereocenters. The number of nitrogens with two attached hydrogens (primary N) is 1. The molecular weight excluding hydrogens is 271 g/mol. The Hall–Kier alpha value is -1.82. The molecular formula is C12H14ClFN4O. The number of hydrogen-bond donors (Lipinski definition) is 2. The Kier molecular flexibility index (Phi) is 3.90. The van der Waals surface area contributed by atoms with Crippen LogP contribution >= 0.6 is 11.6 Å². The van der Waals surface area contributed by atoms with Crippen molar-refractivity contribution in [3.63, 3.8) is 0 Å².